The van der Waals surface area contributed by atoms with Gasteiger partial charge >= 0.3 is 5.97 Å². The van der Waals surface area contributed by atoms with E-state index in [4.69, 9.17) is 9.63 Å². The second-order valence-corrected chi connectivity index (χ2v) is 7.90. The zero-order valence-corrected chi connectivity index (χ0v) is 16.9. The fraction of sp³-hybridized carbons (Fsp3) is 0.600. The average molecular weight is 388 g/mol. The summed E-state index contributed by atoms with van der Waals surface area (Å²) in [7, 11) is 1.83. The van der Waals surface area contributed by atoms with Gasteiger partial charge in [0.05, 0.1) is 23.2 Å². The lowest BCUT2D eigenvalue weighted by Crippen LogP contribution is -2.37. The summed E-state index contributed by atoms with van der Waals surface area (Å²) < 4.78 is 5.39. The number of hydrogen-bond acceptors (Lipinski definition) is 6. The van der Waals surface area contributed by atoms with Gasteiger partial charge in [-0.05, 0) is 45.2 Å². The molecule has 152 valence electrons. The quantitative estimate of drug-likeness (QED) is 0.840. The number of carboxylic acids is 1. The second kappa shape index (κ2) is 8.26. The normalized spacial score (nSPS) is 18.1. The minimum atomic E-state index is -0.831. The number of carbonyl (C=O) groups excluding carboxylic acids is 1. The molecule has 1 saturated heterocycles. The van der Waals surface area contributed by atoms with Crippen LogP contribution in [0, 0.1) is 6.92 Å². The lowest BCUT2D eigenvalue weighted by molar-refractivity contribution is -0.138. The van der Waals surface area contributed by atoms with E-state index in [-0.39, 0.29) is 24.4 Å². The maximum Gasteiger partial charge on any atom is 0.317 e. The number of likely N-dealkylation sites (tertiary alicyclic amines) is 1. The fourth-order valence-corrected chi connectivity index (χ4v) is 3.89. The van der Waals surface area contributed by atoms with Gasteiger partial charge in [0.1, 0.15) is 0 Å². The van der Waals surface area contributed by atoms with Crippen LogP contribution < -0.4 is 0 Å². The van der Waals surface area contributed by atoms with Gasteiger partial charge in [-0.3, -0.25) is 14.5 Å². The molecule has 1 fully saturated rings. The monoisotopic (exact) mass is 388 g/mol. The molecule has 28 heavy (non-hydrogen) atoms. The maximum absolute atomic E-state index is 13.4. The van der Waals surface area contributed by atoms with Crippen LogP contribution in [0.15, 0.2) is 10.6 Å². The molecule has 1 unspecified atom stereocenters. The summed E-state index contributed by atoms with van der Waals surface area (Å²) in [5, 5.41) is 13.9. The molecule has 0 spiro atoms. The third-order valence-corrected chi connectivity index (χ3v) is 5.37. The summed E-state index contributed by atoms with van der Waals surface area (Å²) in [6.07, 6.45) is 2.47. The van der Waals surface area contributed by atoms with E-state index in [9.17, 15) is 9.59 Å². The summed E-state index contributed by atoms with van der Waals surface area (Å²) in [4.78, 5) is 32.5. The molecular formula is C20H28N4O4. The van der Waals surface area contributed by atoms with E-state index in [1.165, 1.54) is 0 Å². The van der Waals surface area contributed by atoms with Crippen molar-refractivity contribution in [3.8, 4) is 0 Å². The lowest BCUT2D eigenvalue weighted by atomic mass is 10.0. The standard InChI is InChI=1S/C20H28N4O4/c1-12(2)18-17-15(10-13(3)21-19(17)28-22-18)20(27)24-8-5-6-14(7-9-24)23(4)11-16(25)26/h10,12,14H,5-9,11H2,1-4H3,(H,25,26). The Hall–Kier alpha value is -2.48. The van der Waals surface area contributed by atoms with Gasteiger partial charge in [0.25, 0.3) is 11.6 Å². The van der Waals surface area contributed by atoms with E-state index in [2.05, 4.69) is 10.1 Å². The molecule has 0 radical (unpaired) electrons. The number of carbonyl (C=O) groups is 2. The highest BCUT2D eigenvalue weighted by atomic mass is 16.5. The number of hydrogen-bond donors (Lipinski definition) is 1. The number of aliphatic carboxylic acids is 1. The maximum atomic E-state index is 13.4. The number of aromatic nitrogens is 2. The van der Waals surface area contributed by atoms with Crippen LogP contribution in [0.2, 0.25) is 0 Å². The van der Waals surface area contributed by atoms with Crippen molar-refractivity contribution in [3.05, 3.63) is 23.0 Å². The molecule has 1 aliphatic rings. The van der Waals surface area contributed by atoms with Crippen LogP contribution in [-0.4, -0.2) is 69.6 Å². The highest BCUT2D eigenvalue weighted by Crippen LogP contribution is 2.29. The Bertz CT molecular complexity index is 876. The van der Waals surface area contributed by atoms with Crippen molar-refractivity contribution in [3.63, 3.8) is 0 Å². The van der Waals surface area contributed by atoms with Crippen LogP contribution in [0.5, 0.6) is 0 Å². The molecule has 1 aliphatic heterocycles. The molecule has 1 N–H and O–H groups in total. The van der Waals surface area contributed by atoms with Gasteiger partial charge in [-0.2, -0.15) is 0 Å². The Morgan fingerprint density at radius 1 is 1.36 bits per heavy atom. The molecule has 0 saturated carbocycles. The topological polar surface area (TPSA) is 99.8 Å². The highest BCUT2D eigenvalue weighted by molar-refractivity contribution is 6.06. The molecular weight excluding hydrogens is 360 g/mol. The van der Waals surface area contributed by atoms with Crippen LogP contribution in [-0.2, 0) is 4.79 Å². The summed E-state index contributed by atoms with van der Waals surface area (Å²) in [5.74, 6) is -0.749. The molecule has 0 aliphatic carbocycles. The molecule has 3 rings (SSSR count). The number of carboxylic acid groups (broad SMARTS) is 1. The van der Waals surface area contributed by atoms with Crippen molar-refractivity contribution in [1.82, 2.24) is 19.9 Å². The summed E-state index contributed by atoms with van der Waals surface area (Å²) in [6.45, 7) is 7.13. The number of pyridine rings is 1. The lowest BCUT2D eigenvalue weighted by Gasteiger charge is -2.25. The zero-order valence-electron chi connectivity index (χ0n) is 16.9. The SMILES string of the molecule is Cc1cc(C(=O)N2CCCC(N(C)CC(=O)O)CC2)c2c(C(C)C)noc2n1. The van der Waals surface area contributed by atoms with Gasteiger partial charge in [-0.25, -0.2) is 4.98 Å². The van der Waals surface area contributed by atoms with E-state index in [0.717, 1.165) is 30.7 Å². The van der Waals surface area contributed by atoms with Crippen molar-refractivity contribution < 1.29 is 19.2 Å². The van der Waals surface area contributed by atoms with E-state index < -0.39 is 5.97 Å². The van der Waals surface area contributed by atoms with Gasteiger partial charge in [0.2, 0.25) is 0 Å². The Morgan fingerprint density at radius 2 is 2.11 bits per heavy atom. The van der Waals surface area contributed by atoms with Crippen molar-refractivity contribution >= 4 is 23.0 Å². The van der Waals surface area contributed by atoms with Gasteiger partial charge in [-0.1, -0.05) is 19.0 Å². The average Bonchev–Trinajstić information content (AvgIpc) is 2.88. The van der Waals surface area contributed by atoms with Crippen molar-refractivity contribution in [2.24, 2.45) is 0 Å². The van der Waals surface area contributed by atoms with E-state index in [1.807, 2.05) is 43.7 Å². The molecule has 1 amide bonds. The largest absolute Gasteiger partial charge is 0.480 e. The molecule has 0 aromatic carbocycles. The number of rotatable bonds is 5. The molecule has 0 bridgehead atoms. The number of amides is 1. The van der Waals surface area contributed by atoms with E-state index >= 15 is 0 Å². The van der Waals surface area contributed by atoms with Crippen LogP contribution in [0.3, 0.4) is 0 Å². The number of nitrogens with zero attached hydrogens (tertiary/aromatic N) is 4. The molecule has 8 heteroatoms. The first kappa shape index (κ1) is 20.3. The molecule has 2 aromatic rings. The Kier molecular flexibility index (Phi) is 5.98. The van der Waals surface area contributed by atoms with Crippen molar-refractivity contribution in [2.45, 2.75) is 52.0 Å². The first-order valence-electron chi connectivity index (χ1n) is 9.76. The highest BCUT2D eigenvalue weighted by Gasteiger charge is 2.28. The number of aryl methyl sites for hydroxylation is 1. The number of fused-ring (bicyclic) bond motifs is 1. The van der Waals surface area contributed by atoms with Crippen molar-refractivity contribution in [2.75, 3.05) is 26.7 Å². The molecule has 2 aromatic heterocycles. The second-order valence-electron chi connectivity index (χ2n) is 7.90. The van der Waals surface area contributed by atoms with Crippen molar-refractivity contribution in [1.29, 1.82) is 0 Å². The minimum absolute atomic E-state index is 0.0151. The first-order valence-corrected chi connectivity index (χ1v) is 9.76. The van der Waals surface area contributed by atoms with Gasteiger partial charge in [-0.15, -0.1) is 0 Å². The summed E-state index contributed by atoms with van der Waals surface area (Å²) in [5.41, 5.74) is 2.46. The van der Waals surface area contributed by atoms with E-state index in [0.29, 0.717) is 29.8 Å². The molecule has 3 heterocycles. The van der Waals surface area contributed by atoms with E-state index in [1.54, 1.807) is 0 Å². The minimum Gasteiger partial charge on any atom is -0.480 e. The Balaban J connectivity index is 1.84. The molecule has 1 atom stereocenters. The number of likely N-dealkylation sites (N-methyl/N-ethyl adjacent to an activating group) is 1. The smallest absolute Gasteiger partial charge is 0.317 e. The van der Waals surface area contributed by atoms with Gasteiger partial charge in [0, 0.05) is 24.8 Å². The Morgan fingerprint density at radius 3 is 2.79 bits per heavy atom. The van der Waals surface area contributed by atoms with Crippen LogP contribution in [0.25, 0.3) is 11.1 Å². The predicted molar refractivity (Wildman–Crippen MR) is 104 cm³/mol. The predicted octanol–water partition coefficient (Wildman–Crippen LogP) is 2.67. The van der Waals surface area contributed by atoms with Crippen LogP contribution in [0.4, 0.5) is 0 Å². The zero-order chi connectivity index (χ0) is 20.4. The third-order valence-electron chi connectivity index (χ3n) is 5.37. The summed E-state index contributed by atoms with van der Waals surface area (Å²) >= 11 is 0. The molecule has 8 nitrogen and oxygen atoms in total. The van der Waals surface area contributed by atoms with Gasteiger partial charge in [0.15, 0.2) is 0 Å². The first-order chi connectivity index (χ1) is 13.3. The van der Waals surface area contributed by atoms with Crippen LogP contribution >= 0.6 is 0 Å². The van der Waals surface area contributed by atoms with Gasteiger partial charge < -0.3 is 14.5 Å². The Labute approximate surface area is 164 Å². The van der Waals surface area contributed by atoms with Crippen LogP contribution in [0.1, 0.15) is 60.8 Å². The fourth-order valence-electron chi connectivity index (χ4n) is 3.89. The third kappa shape index (κ3) is 4.16. The summed E-state index contributed by atoms with van der Waals surface area (Å²) in [6, 6.07) is 1.97.